The molecule has 0 aliphatic carbocycles. The molecule has 1 fully saturated rings. The molecule has 7 heteroatoms. The molecule has 0 bridgehead atoms. The van der Waals surface area contributed by atoms with Crippen LogP contribution < -0.4 is 5.32 Å². The zero-order chi connectivity index (χ0) is 13.7. The first kappa shape index (κ1) is 14.4. The van der Waals surface area contributed by atoms with E-state index in [1.54, 1.807) is 0 Å². The van der Waals surface area contributed by atoms with E-state index >= 15 is 0 Å². The number of amides is 2. The number of esters is 1. The second kappa shape index (κ2) is 6.34. The summed E-state index contributed by atoms with van der Waals surface area (Å²) in [6, 6.07) is -0.874. The molecule has 1 heterocycles. The smallest absolute Gasteiger partial charge is 0.328 e. The number of nitrogens with one attached hydrogen (secondary N) is 1. The lowest BCUT2D eigenvalue weighted by Gasteiger charge is -2.20. The van der Waals surface area contributed by atoms with Gasteiger partial charge in [0.25, 0.3) is 0 Å². The molecule has 1 saturated heterocycles. The van der Waals surface area contributed by atoms with Crippen LogP contribution in [0.1, 0.15) is 13.3 Å². The van der Waals surface area contributed by atoms with Crippen LogP contribution in [0.4, 0.5) is 0 Å². The quantitative estimate of drug-likeness (QED) is 0.648. The van der Waals surface area contributed by atoms with E-state index in [4.69, 9.17) is 4.74 Å². The molecule has 102 valence electrons. The van der Waals surface area contributed by atoms with Gasteiger partial charge >= 0.3 is 5.97 Å². The van der Waals surface area contributed by atoms with Crippen molar-refractivity contribution in [2.75, 3.05) is 27.4 Å². The fourth-order valence-electron chi connectivity index (χ4n) is 2.05. The molecule has 0 radical (unpaired) electrons. The molecule has 2 amide bonds. The molecule has 2 atom stereocenters. The zero-order valence-electron chi connectivity index (χ0n) is 10.8. The molecule has 0 aromatic heterocycles. The normalized spacial score (nSPS) is 22.7. The van der Waals surface area contributed by atoms with Crippen molar-refractivity contribution in [2.24, 2.45) is 0 Å². The predicted molar refractivity (Wildman–Crippen MR) is 61.6 cm³/mol. The maximum absolute atomic E-state index is 11.5. The molecular formula is C11H18N2O5. The Bertz CT molecular complexity index is 344. The predicted octanol–water partition coefficient (Wildman–Crippen LogP) is -1.09. The van der Waals surface area contributed by atoms with Crippen molar-refractivity contribution in [2.45, 2.75) is 25.4 Å². The molecule has 0 aromatic rings. The number of hydrogen-bond donors (Lipinski definition) is 1. The van der Waals surface area contributed by atoms with Crippen LogP contribution >= 0.6 is 0 Å². The van der Waals surface area contributed by atoms with Crippen LogP contribution in [0.2, 0.25) is 0 Å². The van der Waals surface area contributed by atoms with Crippen molar-refractivity contribution in [1.82, 2.24) is 10.2 Å². The van der Waals surface area contributed by atoms with E-state index in [1.165, 1.54) is 26.0 Å². The van der Waals surface area contributed by atoms with E-state index in [-0.39, 0.29) is 24.5 Å². The first-order valence-electron chi connectivity index (χ1n) is 5.63. The molecule has 1 N–H and O–H groups in total. The number of nitrogens with zero attached hydrogens (tertiary/aromatic N) is 1. The highest BCUT2D eigenvalue weighted by Gasteiger charge is 2.39. The van der Waals surface area contributed by atoms with Crippen molar-refractivity contribution in [1.29, 1.82) is 0 Å². The van der Waals surface area contributed by atoms with Crippen LogP contribution in [-0.4, -0.2) is 62.1 Å². The SMILES string of the molecule is COCC(=O)N[C@H]1C[C@@H](C(=O)OC)N(C(C)=O)C1. The summed E-state index contributed by atoms with van der Waals surface area (Å²) in [5, 5.41) is 2.71. The number of hydrogen-bond acceptors (Lipinski definition) is 5. The number of rotatable bonds is 4. The lowest BCUT2D eigenvalue weighted by Crippen LogP contribution is -2.41. The van der Waals surface area contributed by atoms with Crippen LogP contribution in [0.5, 0.6) is 0 Å². The molecule has 1 aliphatic rings. The van der Waals surface area contributed by atoms with E-state index < -0.39 is 12.0 Å². The Labute approximate surface area is 105 Å². The van der Waals surface area contributed by atoms with Gasteiger partial charge in [-0.2, -0.15) is 0 Å². The Morgan fingerprint density at radius 1 is 1.33 bits per heavy atom. The van der Waals surface area contributed by atoms with Crippen LogP contribution in [0, 0.1) is 0 Å². The van der Waals surface area contributed by atoms with E-state index in [0.717, 1.165) is 0 Å². The standard InChI is InChI=1S/C11H18N2O5/c1-7(14)13-5-8(12-10(15)6-17-2)4-9(13)11(16)18-3/h8-9H,4-6H2,1-3H3,(H,12,15)/t8-,9-/m0/s1. The molecular weight excluding hydrogens is 240 g/mol. The third-order valence-electron chi connectivity index (χ3n) is 2.82. The zero-order valence-corrected chi connectivity index (χ0v) is 10.8. The van der Waals surface area contributed by atoms with Crippen molar-refractivity contribution < 1.29 is 23.9 Å². The highest BCUT2D eigenvalue weighted by molar-refractivity contribution is 5.84. The summed E-state index contributed by atoms with van der Waals surface area (Å²) in [6.45, 7) is 1.65. The highest BCUT2D eigenvalue weighted by Crippen LogP contribution is 2.19. The van der Waals surface area contributed by atoms with Gasteiger partial charge in [-0.05, 0) is 0 Å². The van der Waals surface area contributed by atoms with E-state index in [0.29, 0.717) is 13.0 Å². The molecule has 0 unspecified atom stereocenters. The number of methoxy groups -OCH3 is 2. The van der Waals surface area contributed by atoms with Crippen molar-refractivity contribution >= 4 is 17.8 Å². The Morgan fingerprint density at radius 2 is 2.00 bits per heavy atom. The molecule has 1 aliphatic heterocycles. The monoisotopic (exact) mass is 258 g/mol. The first-order chi connectivity index (χ1) is 8.49. The van der Waals surface area contributed by atoms with Crippen LogP contribution in [0.15, 0.2) is 0 Å². The Hall–Kier alpha value is -1.63. The Balaban J connectivity index is 2.63. The Morgan fingerprint density at radius 3 is 2.50 bits per heavy atom. The second-order valence-corrected chi connectivity index (χ2v) is 4.14. The lowest BCUT2D eigenvalue weighted by atomic mass is 10.1. The van der Waals surface area contributed by atoms with Gasteiger partial charge in [0, 0.05) is 33.0 Å². The van der Waals surface area contributed by atoms with Gasteiger partial charge in [0.05, 0.1) is 7.11 Å². The average molecular weight is 258 g/mol. The van der Waals surface area contributed by atoms with E-state index in [9.17, 15) is 14.4 Å². The third-order valence-corrected chi connectivity index (χ3v) is 2.82. The number of likely N-dealkylation sites (tertiary alicyclic amines) is 1. The van der Waals surface area contributed by atoms with Crippen LogP contribution in [0.3, 0.4) is 0 Å². The summed E-state index contributed by atoms with van der Waals surface area (Å²) >= 11 is 0. The summed E-state index contributed by atoms with van der Waals surface area (Å²) < 4.78 is 9.34. The fourth-order valence-corrected chi connectivity index (χ4v) is 2.05. The topological polar surface area (TPSA) is 84.9 Å². The lowest BCUT2D eigenvalue weighted by molar-refractivity contribution is -0.150. The average Bonchev–Trinajstić information content (AvgIpc) is 2.72. The van der Waals surface area contributed by atoms with Gasteiger partial charge in [-0.15, -0.1) is 0 Å². The number of ether oxygens (including phenoxy) is 2. The highest BCUT2D eigenvalue weighted by atomic mass is 16.5. The van der Waals surface area contributed by atoms with Gasteiger partial charge in [-0.3, -0.25) is 9.59 Å². The van der Waals surface area contributed by atoms with E-state index in [2.05, 4.69) is 10.1 Å². The molecule has 0 spiro atoms. The summed E-state index contributed by atoms with van der Waals surface area (Å²) in [7, 11) is 2.70. The van der Waals surface area contributed by atoms with Crippen LogP contribution in [0.25, 0.3) is 0 Å². The first-order valence-corrected chi connectivity index (χ1v) is 5.63. The van der Waals surface area contributed by atoms with Gasteiger partial charge in [-0.25, -0.2) is 4.79 Å². The minimum atomic E-state index is -0.625. The molecule has 7 nitrogen and oxygen atoms in total. The summed E-state index contributed by atoms with van der Waals surface area (Å²) in [5.74, 6) is -0.945. The van der Waals surface area contributed by atoms with Gasteiger partial charge in [0.15, 0.2) is 0 Å². The van der Waals surface area contributed by atoms with Gasteiger partial charge in [0.2, 0.25) is 11.8 Å². The number of carbonyl (C=O) groups excluding carboxylic acids is 3. The largest absolute Gasteiger partial charge is 0.467 e. The van der Waals surface area contributed by atoms with Gasteiger partial charge in [-0.1, -0.05) is 0 Å². The van der Waals surface area contributed by atoms with E-state index in [1.807, 2.05) is 0 Å². The number of carbonyl (C=O) groups is 3. The minimum Gasteiger partial charge on any atom is -0.467 e. The molecule has 1 rings (SSSR count). The molecule has 18 heavy (non-hydrogen) atoms. The van der Waals surface area contributed by atoms with Crippen molar-refractivity contribution in [3.05, 3.63) is 0 Å². The van der Waals surface area contributed by atoms with Gasteiger partial charge < -0.3 is 19.7 Å². The third kappa shape index (κ3) is 3.43. The summed E-state index contributed by atoms with van der Waals surface area (Å²) in [4.78, 5) is 35.7. The molecule has 0 aromatic carbocycles. The Kier molecular flexibility index (Phi) is 5.08. The molecule has 0 saturated carbocycles. The maximum atomic E-state index is 11.5. The van der Waals surface area contributed by atoms with Crippen molar-refractivity contribution in [3.8, 4) is 0 Å². The summed E-state index contributed by atoms with van der Waals surface area (Å²) in [6.07, 6.45) is 0.363. The summed E-state index contributed by atoms with van der Waals surface area (Å²) in [5.41, 5.74) is 0. The van der Waals surface area contributed by atoms with Gasteiger partial charge in [0.1, 0.15) is 12.6 Å². The second-order valence-electron chi connectivity index (χ2n) is 4.14. The van der Waals surface area contributed by atoms with Crippen LogP contribution in [-0.2, 0) is 23.9 Å². The van der Waals surface area contributed by atoms with Crippen molar-refractivity contribution in [3.63, 3.8) is 0 Å². The minimum absolute atomic E-state index is 0.0422. The maximum Gasteiger partial charge on any atom is 0.328 e. The fraction of sp³-hybridized carbons (Fsp3) is 0.727.